The minimum absolute atomic E-state index is 0.120. The van der Waals surface area contributed by atoms with Crippen molar-refractivity contribution in [2.24, 2.45) is 0 Å². The van der Waals surface area contributed by atoms with Gasteiger partial charge < -0.3 is 40.2 Å². The Morgan fingerprint density at radius 1 is 0.674 bits per heavy atom. The van der Waals surface area contributed by atoms with Crippen molar-refractivity contribution in [2.75, 3.05) is 69.7 Å². The highest BCUT2D eigenvalue weighted by Gasteiger charge is 2.09. The summed E-state index contributed by atoms with van der Waals surface area (Å²) in [4.78, 5) is 25.6. The molecule has 0 saturated heterocycles. The molecule has 0 radical (unpaired) electrons. The van der Waals surface area contributed by atoms with Gasteiger partial charge in [0.2, 0.25) is 17.8 Å². The second-order valence-electron chi connectivity index (χ2n) is 9.15. The summed E-state index contributed by atoms with van der Waals surface area (Å²) in [6.07, 6.45) is 0. The Bertz CT molecular complexity index is 1390. The van der Waals surface area contributed by atoms with Gasteiger partial charge in [-0.25, -0.2) is 0 Å². The van der Waals surface area contributed by atoms with Crippen LogP contribution in [-0.4, -0.2) is 74.6 Å². The fourth-order valence-corrected chi connectivity index (χ4v) is 3.88. The third-order valence-corrected chi connectivity index (χ3v) is 6.00. The van der Waals surface area contributed by atoms with E-state index in [1.807, 2.05) is 66.7 Å². The van der Waals surface area contributed by atoms with Crippen LogP contribution in [0.3, 0.4) is 0 Å². The molecule has 1 amide bonds. The molecule has 4 N–H and O–H groups in total. The quantitative estimate of drug-likeness (QED) is 0.125. The van der Waals surface area contributed by atoms with Crippen molar-refractivity contribution in [1.82, 2.24) is 20.3 Å². The van der Waals surface area contributed by atoms with Gasteiger partial charge in [-0.3, -0.25) is 4.79 Å². The van der Waals surface area contributed by atoms with E-state index in [0.29, 0.717) is 81.0 Å². The number of ether oxygens (including phenoxy) is 4. The Labute approximate surface area is 251 Å². The molecule has 0 aliphatic carbocycles. The first kappa shape index (κ1) is 31.0. The fourth-order valence-electron chi connectivity index (χ4n) is 3.88. The number of hydrogen-bond acceptors (Lipinski definition) is 11. The van der Waals surface area contributed by atoms with Crippen LogP contribution in [0, 0.1) is 0 Å². The third kappa shape index (κ3) is 10.8. The van der Waals surface area contributed by atoms with Gasteiger partial charge in [0.15, 0.2) is 0 Å². The van der Waals surface area contributed by atoms with E-state index >= 15 is 0 Å². The van der Waals surface area contributed by atoms with Crippen LogP contribution >= 0.6 is 0 Å². The van der Waals surface area contributed by atoms with Gasteiger partial charge >= 0.3 is 0 Å². The number of hydrogen-bond donors (Lipinski definition) is 4. The monoisotopic (exact) mass is 587 g/mol. The molecule has 0 saturated carbocycles. The number of amides is 1. The molecule has 226 valence electrons. The van der Waals surface area contributed by atoms with Crippen LogP contribution in [0.2, 0.25) is 0 Å². The van der Waals surface area contributed by atoms with Crippen LogP contribution in [0.4, 0.5) is 23.5 Å². The molecule has 0 atom stereocenters. The molecule has 0 unspecified atom stereocenters. The van der Waals surface area contributed by atoms with Crippen LogP contribution in [0.5, 0.6) is 11.5 Å². The molecular formula is C31H37N7O5. The predicted molar refractivity (Wildman–Crippen MR) is 165 cm³/mol. The van der Waals surface area contributed by atoms with Crippen LogP contribution in [0.25, 0.3) is 0 Å². The van der Waals surface area contributed by atoms with Crippen molar-refractivity contribution in [3.8, 4) is 11.5 Å². The molecule has 43 heavy (non-hydrogen) atoms. The maximum absolute atomic E-state index is 12.0. The first-order valence-corrected chi connectivity index (χ1v) is 13.9. The van der Waals surface area contributed by atoms with E-state index in [1.165, 1.54) is 0 Å². The van der Waals surface area contributed by atoms with Crippen LogP contribution in [0.15, 0.2) is 78.9 Å². The number of benzene rings is 3. The van der Waals surface area contributed by atoms with E-state index in [2.05, 4.69) is 36.2 Å². The van der Waals surface area contributed by atoms with Crippen LogP contribution in [0.1, 0.15) is 15.9 Å². The zero-order chi connectivity index (χ0) is 30.1. The van der Waals surface area contributed by atoms with E-state index in [4.69, 9.17) is 18.9 Å². The number of methoxy groups -OCH3 is 2. The lowest BCUT2D eigenvalue weighted by atomic mass is 10.2. The molecule has 4 rings (SSSR count). The van der Waals surface area contributed by atoms with Crippen molar-refractivity contribution in [1.29, 1.82) is 0 Å². The molecule has 1 heterocycles. The van der Waals surface area contributed by atoms with E-state index in [-0.39, 0.29) is 5.91 Å². The second kappa shape index (κ2) is 17.1. The van der Waals surface area contributed by atoms with Gasteiger partial charge in [-0.2, -0.15) is 15.0 Å². The number of anilines is 4. The number of carbonyl (C=O) groups excluding carboxylic acids is 1. The van der Waals surface area contributed by atoms with Gasteiger partial charge in [-0.1, -0.05) is 36.4 Å². The van der Waals surface area contributed by atoms with Crippen molar-refractivity contribution in [3.63, 3.8) is 0 Å². The van der Waals surface area contributed by atoms with Crippen LogP contribution in [-0.2, 0) is 16.0 Å². The standard InChI is InChI=1S/C31H37N7O5/c1-40-26-19-23(20-27(21-26)41-2)22-34-30-36-29(37-31(38-30)35-25-11-7-4-8-12-25)33-14-16-43-18-17-42-15-13-32-28(39)24-9-5-3-6-10-24/h3-12,19-21H,13-18,22H2,1-2H3,(H,32,39)(H3,33,34,35,36,37,38). The number of nitrogens with zero attached hydrogens (tertiary/aromatic N) is 3. The molecule has 3 aromatic carbocycles. The van der Waals surface area contributed by atoms with Gasteiger partial charge in [-0.05, 0) is 42.0 Å². The minimum atomic E-state index is -0.120. The number of nitrogens with one attached hydrogen (secondary N) is 4. The lowest BCUT2D eigenvalue weighted by Gasteiger charge is -2.13. The van der Waals surface area contributed by atoms with Crippen molar-refractivity contribution in [3.05, 3.63) is 90.0 Å². The summed E-state index contributed by atoms with van der Waals surface area (Å²) in [6, 6.07) is 24.4. The number of rotatable bonds is 18. The maximum atomic E-state index is 12.0. The Balaban J connectivity index is 1.22. The molecule has 0 fully saturated rings. The molecule has 0 bridgehead atoms. The number of carbonyl (C=O) groups is 1. The number of aromatic nitrogens is 3. The second-order valence-corrected chi connectivity index (χ2v) is 9.15. The first-order valence-electron chi connectivity index (χ1n) is 13.9. The Morgan fingerprint density at radius 2 is 1.26 bits per heavy atom. The molecule has 4 aromatic rings. The molecule has 0 aliphatic rings. The SMILES string of the molecule is COc1cc(CNc2nc(NCCOCCOCCNC(=O)c3ccccc3)nc(Nc3ccccc3)n2)cc(OC)c1. The van der Waals surface area contributed by atoms with Gasteiger partial charge in [0.25, 0.3) is 5.91 Å². The zero-order valence-electron chi connectivity index (χ0n) is 24.3. The van der Waals surface area contributed by atoms with Crippen LogP contribution < -0.4 is 30.7 Å². The van der Waals surface area contributed by atoms with Crippen molar-refractivity contribution >= 4 is 29.4 Å². The summed E-state index contributed by atoms with van der Waals surface area (Å²) in [7, 11) is 3.23. The van der Waals surface area contributed by atoms with Crippen molar-refractivity contribution < 1.29 is 23.7 Å². The summed E-state index contributed by atoms with van der Waals surface area (Å²) >= 11 is 0. The lowest BCUT2D eigenvalue weighted by Crippen LogP contribution is -2.27. The first-order chi connectivity index (χ1) is 21.1. The minimum Gasteiger partial charge on any atom is -0.497 e. The largest absolute Gasteiger partial charge is 0.497 e. The van der Waals surface area contributed by atoms with E-state index in [9.17, 15) is 4.79 Å². The van der Waals surface area contributed by atoms with Gasteiger partial charge in [0, 0.05) is 37.0 Å². The van der Waals surface area contributed by atoms with E-state index in [1.54, 1.807) is 26.4 Å². The fraction of sp³-hybridized carbons (Fsp3) is 0.290. The average molecular weight is 588 g/mol. The lowest BCUT2D eigenvalue weighted by molar-refractivity contribution is 0.0519. The van der Waals surface area contributed by atoms with Gasteiger partial charge in [0.05, 0.1) is 40.6 Å². The normalized spacial score (nSPS) is 10.6. The van der Waals surface area contributed by atoms with E-state index < -0.39 is 0 Å². The highest BCUT2D eigenvalue weighted by molar-refractivity contribution is 5.94. The molecular weight excluding hydrogens is 550 g/mol. The molecule has 1 aromatic heterocycles. The summed E-state index contributed by atoms with van der Waals surface area (Å²) in [5.41, 5.74) is 2.42. The van der Waals surface area contributed by atoms with Crippen molar-refractivity contribution in [2.45, 2.75) is 6.54 Å². The summed E-state index contributed by atoms with van der Waals surface area (Å²) < 4.78 is 21.9. The summed E-state index contributed by atoms with van der Waals surface area (Å²) in [6.45, 7) is 3.02. The Hall–Kier alpha value is -4.94. The smallest absolute Gasteiger partial charge is 0.251 e. The highest BCUT2D eigenvalue weighted by atomic mass is 16.5. The highest BCUT2D eigenvalue weighted by Crippen LogP contribution is 2.23. The van der Waals surface area contributed by atoms with E-state index in [0.717, 1.165) is 11.3 Å². The Kier molecular flexibility index (Phi) is 12.3. The topological polar surface area (TPSA) is 141 Å². The molecule has 12 nitrogen and oxygen atoms in total. The van der Waals surface area contributed by atoms with Gasteiger partial charge in [-0.15, -0.1) is 0 Å². The molecule has 0 aliphatic heterocycles. The number of para-hydroxylation sites is 1. The molecule has 0 spiro atoms. The van der Waals surface area contributed by atoms with Gasteiger partial charge in [0.1, 0.15) is 11.5 Å². The Morgan fingerprint density at radius 3 is 1.91 bits per heavy atom. The average Bonchev–Trinajstić information content (AvgIpc) is 3.05. The zero-order valence-corrected chi connectivity index (χ0v) is 24.3. The predicted octanol–water partition coefficient (Wildman–Crippen LogP) is 4.12. The third-order valence-electron chi connectivity index (χ3n) is 6.00. The summed E-state index contributed by atoms with van der Waals surface area (Å²) in [5.74, 6) is 2.45. The molecule has 12 heteroatoms. The maximum Gasteiger partial charge on any atom is 0.251 e. The summed E-state index contributed by atoms with van der Waals surface area (Å²) in [5, 5.41) is 12.5.